The van der Waals surface area contributed by atoms with Crippen molar-refractivity contribution in [3.63, 3.8) is 0 Å². The molecule has 0 saturated heterocycles. The van der Waals surface area contributed by atoms with Crippen LogP contribution in [0.25, 0.3) is 0 Å². The summed E-state index contributed by atoms with van der Waals surface area (Å²) in [6, 6.07) is 0. The average Bonchev–Trinajstić information content (AvgIpc) is 3.33. The number of carbonyl (C=O) groups is 1. The number of nitrogens with zero attached hydrogens (tertiary/aromatic N) is 3. The number of esters is 1. The fraction of sp³-hybridized carbons (Fsp3) is 0.727. The smallest absolute Gasteiger partial charge is 0.307 e. The molecule has 1 N–H and O–H groups in total. The lowest BCUT2D eigenvalue weighted by molar-refractivity contribution is -0.155. The minimum atomic E-state index is -0.497. The van der Waals surface area contributed by atoms with Gasteiger partial charge in [0.05, 0.1) is 12.8 Å². The van der Waals surface area contributed by atoms with Crippen LogP contribution in [0.3, 0.4) is 0 Å². The van der Waals surface area contributed by atoms with Gasteiger partial charge in [-0.3, -0.25) is 4.79 Å². The summed E-state index contributed by atoms with van der Waals surface area (Å²) in [5.41, 5.74) is -0.497. The zero-order chi connectivity index (χ0) is 20.7. The summed E-state index contributed by atoms with van der Waals surface area (Å²) in [5.74, 6) is 2.40. The van der Waals surface area contributed by atoms with Crippen molar-refractivity contribution >= 4 is 5.97 Å². The van der Waals surface area contributed by atoms with Gasteiger partial charge in [0.15, 0.2) is 5.82 Å². The standard InChI is InChI=1S/C22H34N4O3/c1-22(2,3)28-20(27)14-17(11-7-10-16-8-5-4-6-9-16)21-25-19(26-29-21)15-18-23-12-13-24-18/h12-13,16-17H,4-11,14-15H2,1-3H3,(H,23,24). The van der Waals surface area contributed by atoms with Crippen molar-refractivity contribution in [3.8, 4) is 0 Å². The molecule has 1 unspecified atom stereocenters. The summed E-state index contributed by atoms with van der Waals surface area (Å²) in [6.07, 6.45) is 14.1. The molecule has 0 aliphatic heterocycles. The molecule has 3 rings (SSSR count). The number of hydrogen-bond acceptors (Lipinski definition) is 6. The van der Waals surface area contributed by atoms with Gasteiger partial charge in [0, 0.05) is 18.3 Å². The highest BCUT2D eigenvalue weighted by atomic mass is 16.6. The molecule has 0 bridgehead atoms. The summed E-state index contributed by atoms with van der Waals surface area (Å²) in [4.78, 5) is 24.2. The van der Waals surface area contributed by atoms with Gasteiger partial charge in [0.25, 0.3) is 0 Å². The first kappa shape index (κ1) is 21.5. The highest BCUT2D eigenvalue weighted by Crippen LogP contribution is 2.31. The third kappa shape index (κ3) is 7.29. The SMILES string of the molecule is CC(C)(C)OC(=O)CC(CCCC1CCCCC1)c1nc(Cc2ncc[nH]2)no1. The number of nitrogens with one attached hydrogen (secondary N) is 1. The summed E-state index contributed by atoms with van der Waals surface area (Å²) in [6.45, 7) is 5.66. The normalized spacial score (nSPS) is 16.7. The lowest BCUT2D eigenvalue weighted by atomic mass is 9.84. The molecule has 7 nitrogen and oxygen atoms in total. The van der Waals surface area contributed by atoms with E-state index in [2.05, 4.69) is 20.1 Å². The van der Waals surface area contributed by atoms with Crippen molar-refractivity contribution in [1.29, 1.82) is 0 Å². The molecular formula is C22H34N4O3. The van der Waals surface area contributed by atoms with Crippen molar-refractivity contribution in [2.45, 2.75) is 96.5 Å². The lowest BCUT2D eigenvalue weighted by Crippen LogP contribution is -2.25. The molecule has 160 valence electrons. The highest BCUT2D eigenvalue weighted by Gasteiger charge is 2.26. The lowest BCUT2D eigenvalue weighted by Gasteiger charge is -2.23. The Labute approximate surface area is 173 Å². The van der Waals surface area contributed by atoms with E-state index in [1.54, 1.807) is 12.4 Å². The summed E-state index contributed by atoms with van der Waals surface area (Å²) in [5, 5.41) is 4.09. The number of rotatable bonds is 9. The summed E-state index contributed by atoms with van der Waals surface area (Å²) >= 11 is 0. The van der Waals surface area contributed by atoms with Crippen molar-refractivity contribution in [1.82, 2.24) is 20.1 Å². The molecule has 0 radical (unpaired) electrons. The van der Waals surface area contributed by atoms with Crippen LogP contribution < -0.4 is 0 Å². The first-order valence-corrected chi connectivity index (χ1v) is 10.9. The number of aromatic nitrogens is 4. The van der Waals surface area contributed by atoms with E-state index in [-0.39, 0.29) is 18.3 Å². The number of aromatic amines is 1. The van der Waals surface area contributed by atoms with Gasteiger partial charge in [-0.05, 0) is 33.1 Å². The van der Waals surface area contributed by atoms with Crippen LogP contribution in [-0.4, -0.2) is 31.7 Å². The second-order valence-corrected chi connectivity index (χ2v) is 9.18. The van der Waals surface area contributed by atoms with Gasteiger partial charge in [0.2, 0.25) is 5.89 Å². The number of H-pyrrole nitrogens is 1. The van der Waals surface area contributed by atoms with Crippen molar-refractivity contribution in [2.75, 3.05) is 0 Å². The molecule has 29 heavy (non-hydrogen) atoms. The summed E-state index contributed by atoms with van der Waals surface area (Å²) < 4.78 is 11.1. The Morgan fingerprint density at radius 3 is 2.79 bits per heavy atom. The van der Waals surface area contributed by atoms with E-state index in [0.29, 0.717) is 18.1 Å². The molecule has 1 fully saturated rings. The van der Waals surface area contributed by atoms with Crippen molar-refractivity contribution in [3.05, 3.63) is 29.9 Å². The van der Waals surface area contributed by atoms with Gasteiger partial charge >= 0.3 is 5.97 Å². The Kier molecular flexibility index (Phi) is 7.45. The summed E-state index contributed by atoms with van der Waals surface area (Å²) in [7, 11) is 0. The molecule has 2 aromatic rings. The average molecular weight is 403 g/mol. The van der Waals surface area contributed by atoms with Gasteiger partial charge in [-0.15, -0.1) is 0 Å². The number of carbonyl (C=O) groups excluding carboxylic acids is 1. The molecular weight excluding hydrogens is 368 g/mol. The fourth-order valence-electron chi connectivity index (χ4n) is 4.08. The van der Waals surface area contributed by atoms with E-state index in [1.165, 1.54) is 38.5 Å². The molecule has 0 amide bonds. The minimum absolute atomic E-state index is 0.105. The minimum Gasteiger partial charge on any atom is -0.460 e. The quantitative estimate of drug-likeness (QED) is 0.596. The molecule has 7 heteroatoms. The maximum absolute atomic E-state index is 12.4. The van der Waals surface area contributed by atoms with Gasteiger partial charge < -0.3 is 14.2 Å². The number of ether oxygens (including phenoxy) is 1. The van der Waals surface area contributed by atoms with E-state index in [9.17, 15) is 4.79 Å². The first-order valence-electron chi connectivity index (χ1n) is 10.9. The molecule has 0 spiro atoms. The molecule has 2 aromatic heterocycles. The second kappa shape index (κ2) is 10.0. The van der Waals surface area contributed by atoms with E-state index in [0.717, 1.165) is 24.6 Å². The van der Waals surface area contributed by atoms with Crippen LogP contribution in [-0.2, 0) is 16.0 Å². The maximum Gasteiger partial charge on any atom is 0.307 e. The predicted molar refractivity (Wildman–Crippen MR) is 109 cm³/mol. The Morgan fingerprint density at radius 1 is 1.31 bits per heavy atom. The van der Waals surface area contributed by atoms with Crippen LogP contribution in [0.5, 0.6) is 0 Å². The Hall–Kier alpha value is -2.18. The van der Waals surface area contributed by atoms with Crippen LogP contribution in [0.4, 0.5) is 0 Å². The molecule has 2 heterocycles. The van der Waals surface area contributed by atoms with Gasteiger partial charge in [-0.1, -0.05) is 50.1 Å². The van der Waals surface area contributed by atoms with Crippen LogP contribution in [0.15, 0.2) is 16.9 Å². The van der Waals surface area contributed by atoms with E-state index < -0.39 is 5.60 Å². The van der Waals surface area contributed by atoms with Crippen LogP contribution >= 0.6 is 0 Å². The van der Waals surface area contributed by atoms with E-state index in [1.807, 2.05) is 20.8 Å². The number of hydrogen-bond donors (Lipinski definition) is 1. The van der Waals surface area contributed by atoms with Crippen molar-refractivity contribution < 1.29 is 14.1 Å². The third-order valence-corrected chi connectivity index (χ3v) is 5.44. The van der Waals surface area contributed by atoms with E-state index >= 15 is 0 Å². The molecule has 1 atom stereocenters. The van der Waals surface area contributed by atoms with Gasteiger partial charge in [0.1, 0.15) is 11.4 Å². The molecule has 1 saturated carbocycles. The zero-order valence-corrected chi connectivity index (χ0v) is 17.9. The van der Waals surface area contributed by atoms with Crippen LogP contribution in [0, 0.1) is 5.92 Å². The second-order valence-electron chi connectivity index (χ2n) is 9.18. The number of imidazole rings is 1. The van der Waals surface area contributed by atoms with Crippen LogP contribution in [0.1, 0.15) is 102 Å². The molecule has 1 aliphatic rings. The maximum atomic E-state index is 12.4. The topological polar surface area (TPSA) is 93.9 Å². The Morgan fingerprint density at radius 2 is 2.10 bits per heavy atom. The fourth-order valence-corrected chi connectivity index (χ4v) is 4.08. The Bertz CT molecular complexity index is 742. The molecule has 1 aliphatic carbocycles. The highest BCUT2D eigenvalue weighted by molar-refractivity contribution is 5.70. The largest absolute Gasteiger partial charge is 0.460 e. The predicted octanol–water partition coefficient (Wildman–Crippen LogP) is 4.95. The van der Waals surface area contributed by atoms with Gasteiger partial charge in [-0.2, -0.15) is 4.98 Å². The zero-order valence-electron chi connectivity index (χ0n) is 17.9. The first-order chi connectivity index (χ1) is 13.9. The third-order valence-electron chi connectivity index (χ3n) is 5.44. The van der Waals surface area contributed by atoms with E-state index in [4.69, 9.17) is 9.26 Å². The molecule has 0 aromatic carbocycles. The van der Waals surface area contributed by atoms with Gasteiger partial charge in [-0.25, -0.2) is 4.98 Å². The monoisotopic (exact) mass is 402 g/mol. The van der Waals surface area contributed by atoms with Crippen molar-refractivity contribution in [2.24, 2.45) is 5.92 Å². The van der Waals surface area contributed by atoms with Crippen LogP contribution in [0.2, 0.25) is 0 Å². The Balaban J connectivity index is 1.61.